The quantitative estimate of drug-likeness (QED) is 0.769. The summed E-state index contributed by atoms with van der Waals surface area (Å²) in [7, 11) is 0. The van der Waals surface area contributed by atoms with Crippen LogP contribution in [0, 0.1) is 6.92 Å². The molecule has 0 atom stereocenters. The van der Waals surface area contributed by atoms with E-state index < -0.39 is 0 Å². The van der Waals surface area contributed by atoms with Gasteiger partial charge in [0.15, 0.2) is 5.82 Å². The molecule has 0 spiro atoms. The summed E-state index contributed by atoms with van der Waals surface area (Å²) < 4.78 is 0. The third kappa shape index (κ3) is 2.14. The number of nitrogens with two attached hydrogens (primary N) is 1. The van der Waals surface area contributed by atoms with E-state index in [9.17, 15) is 4.79 Å². The number of hydrogen-bond acceptors (Lipinski definition) is 4. The lowest BCUT2D eigenvalue weighted by Gasteiger charge is -2.02. The number of rotatable bonds is 2. The summed E-state index contributed by atoms with van der Waals surface area (Å²) in [5.41, 5.74) is 7.32. The number of nitrogens with zero attached hydrogens (tertiary/aromatic N) is 2. The molecule has 2 rings (SSSR count). The van der Waals surface area contributed by atoms with Crippen molar-refractivity contribution in [3.05, 3.63) is 46.0 Å². The van der Waals surface area contributed by atoms with Crippen molar-refractivity contribution in [3.8, 4) is 11.5 Å². The van der Waals surface area contributed by atoms with Crippen LogP contribution in [-0.2, 0) is 6.54 Å². The highest BCUT2D eigenvalue weighted by Crippen LogP contribution is 2.10. The fourth-order valence-corrected chi connectivity index (χ4v) is 1.41. The van der Waals surface area contributed by atoms with E-state index in [1.807, 2.05) is 19.1 Å². The van der Waals surface area contributed by atoms with Gasteiger partial charge in [-0.25, -0.2) is 9.97 Å². The molecule has 0 fully saturated rings. The van der Waals surface area contributed by atoms with Crippen LogP contribution in [0.15, 0.2) is 29.1 Å². The smallest absolute Gasteiger partial charge is 0.251 e. The van der Waals surface area contributed by atoms with Gasteiger partial charge in [-0.1, -0.05) is 6.07 Å². The molecular weight excluding hydrogens is 204 g/mol. The molecule has 5 nitrogen and oxygen atoms in total. The molecule has 0 amide bonds. The van der Waals surface area contributed by atoms with Gasteiger partial charge in [0.2, 0.25) is 0 Å². The Morgan fingerprint density at radius 1 is 1.38 bits per heavy atom. The van der Waals surface area contributed by atoms with Gasteiger partial charge in [-0.3, -0.25) is 4.79 Å². The zero-order valence-corrected chi connectivity index (χ0v) is 8.90. The van der Waals surface area contributed by atoms with E-state index in [1.54, 1.807) is 6.07 Å². The molecule has 2 heterocycles. The predicted molar refractivity (Wildman–Crippen MR) is 60.7 cm³/mol. The first-order valence-corrected chi connectivity index (χ1v) is 4.93. The molecule has 0 aromatic carbocycles. The second-order valence-corrected chi connectivity index (χ2v) is 3.45. The minimum absolute atomic E-state index is 0.214. The van der Waals surface area contributed by atoms with Gasteiger partial charge in [0.25, 0.3) is 5.56 Å². The molecule has 0 saturated carbocycles. The minimum atomic E-state index is -0.214. The summed E-state index contributed by atoms with van der Waals surface area (Å²) >= 11 is 0. The Kier molecular flexibility index (Phi) is 2.78. The number of H-pyrrole nitrogens is 1. The third-order valence-corrected chi connectivity index (χ3v) is 2.13. The lowest BCUT2D eigenvalue weighted by Crippen LogP contribution is -2.13. The first-order valence-electron chi connectivity index (χ1n) is 4.93. The molecule has 2 aromatic rings. The van der Waals surface area contributed by atoms with Crippen LogP contribution in [0.4, 0.5) is 0 Å². The van der Waals surface area contributed by atoms with E-state index in [4.69, 9.17) is 5.73 Å². The average molecular weight is 216 g/mol. The van der Waals surface area contributed by atoms with Crippen molar-refractivity contribution in [2.75, 3.05) is 0 Å². The number of aryl methyl sites for hydroxylation is 1. The van der Waals surface area contributed by atoms with Crippen molar-refractivity contribution in [2.24, 2.45) is 5.73 Å². The van der Waals surface area contributed by atoms with E-state index in [2.05, 4.69) is 15.0 Å². The molecule has 3 N–H and O–H groups in total. The predicted octanol–water partition coefficient (Wildman–Crippen LogP) is 0.599. The summed E-state index contributed by atoms with van der Waals surface area (Å²) in [5, 5.41) is 0. The van der Waals surface area contributed by atoms with Gasteiger partial charge in [0, 0.05) is 18.3 Å². The maximum atomic E-state index is 11.3. The first-order chi connectivity index (χ1) is 7.69. The lowest BCUT2D eigenvalue weighted by molar-refractivity contribution is 0.949. The highest BCUT2D eigenvalue weighted by molar-refractivity contribution is 5.48. The van der Waals surface area contributed by atoms with Gasteiger partial charge in [-0.15, -0.1) is 0 Å². The van der Waals surface area contributed by atoms with Crippen LogP contribution in [0.25, 0.3) is 11.5 Å². The summed E-state index contributed by atoms with van der Waals surface area (Å²) in [6, 6.07) is 6.94. The zero-order chi connectivity index (χ0) is 11.5. The van der Waals surface area contributed by atoms with E-state index in [1.165, 1.54) is 6.07 Å². The summed E-state index contributed by atoms with van der Waals surface area (Å²) in [6.07, 6.45) is 0. The van der Waals surface area contributed by atoms with Crippen molar-refractivity contribution in [2.45, 2.75) is 13.5 Å². The molecule has 5 heteroatoms. The summed E-state index contributed by atoms with van der Waals surface area (Å²) in [6.45, 7) is 2.12. The molecule has 0 saturated heterocycles. The molecule has 0 aliphatic rings. The van der Waals surface area contributed by atoms with E-state index in [-0.39, 0.29) is 12.1 Å². The lowest BCUT2D eigenvalue weighted by atomic mass is 10.3. The Hall–Kier alpha value is -2.01. The van der Waals surface area contributed by atoms with Gasteiger partial charge in [-0.2, -0.15) is 0 Å². The fourth-order valence-electron chi connectivity index (χ4n) is 1.41. The van der Waals surface area contributed by atoms with Crippen molar-refractivity contribution < 1.29 is 0 Å². The number of hydrogen-bond donors (Lipinski definition) is 2. The van der Waals surface area contributed by atoms with Crippen LogP contribution in [0.2, 0.25) is 0 Å². The fraction of sp³-hybridized carbons (Fsp3) is 0.182. The highest BCUT2D eigenvalue weighted by Gasteiger charge is 2.04. The average Bonchev–Trinajstić information content (AvgIpc) is 2.28. The Morgan fingerprint density at radius 2 is 2.19 bits per heavy atom. The van der Waals surface area contributed by atoms with E-state index in [0.717, 1.165) is 5.69 Å². The molecule has 82 valence electrons. The molecular formula is C11H12N4O. The van der Waals surface area contributed by atoms with E-state index >= 15 is 0 Å². The number of nitrogens with one attached hydrogen (secondary N) is 1. The molecule has 0 bridgehead atoms. The highest BCUT2D eigenvalue weighted by atomic mass is 16.1. The maximum absolute atomic E-state index is 11.3. The number of pyridine rings is 1. The monoisotopic (exact) mass is 216 g/mol. The van der Waals surface area contributed by atoms with Crippen molar-refractivity contribution in [1.29, 1.82) is 0 Å². The topological polar surface area (TPSA) is 84.7 Å². The van der Waals surface area contributed by atoms with Crippen molar-refractivity contribution >= 4 is 0 Å². The third-order valence-electron chi connectivity index (χ3n) is 2.13. The minimum Gasteiger partial charge on any atom is -0.325 e. The molecule has 0 aliphatic heterocycles. The van der Waals surface area contributed by atoms with Crippen LogP contribution in [0.5, 0.6) is 0 Å². The van der Waals surface area contributed by atoms with Crippen LogP contribution in [0.3, 0.4) is 0 Å². The molecule has 0 radical (unpaired) electrons. The second kappa shape index (κ2) is 4.24. The molecule has 0 unspecified atom stereocenters. The molecule has 2 aromatic heterocycles. The normalized spacial score (nSPS) is 10.4. The maximum Gasteiger partial charge on any atom is 0.251 e. The van der Waals surface area contributed by atoms with Crippen LogP contribution >= 0.6 is 0 Å². The number of aromatic amines is 1. The van der Waals surface area contributed by atoms with Crippen molar-refractivity contribution in [3.63, 3.8) is 0 Å². The van der Waals surface area contributed by atoms with Gasteiger partial charge in [0.05, 0.1) is 5.69 Å². The zero-order valence-electron chi connectivity index (χ0n) is 8.90. The van der Waals surface area contributed by atoms with Gasteiger partial charge >= 0.3 is 0 Å². The summed E-state index contributed by atoms with van der Waals surface area (Å²) in [5.74, 6) is 0.455. The van der Waals surface area contributed by atoms with Crippen molar-refractivity contribution in [1.82, 2.24) is 15.0 Å². The van der Waals surface area contributed by atoms with Gasteiger partial charge < -0.3 is 10.7 Å². The Bertz CT molecular complexity index is 562. The number of aromatic nitrogens is 3. The van der Waals surface area contributed by atoms with E-state index in [0.29, 0.717) is 17.2 Å². The SMILES string of the molecule is Cc1cccc(-c2nc(CN)cc(=O)[nH]2)n1. The molecule has 16 heavy (non-hydrogen) atoms. The molecule has 0 aliphatic carbocycles. The Morgan fingerprint density at radius 3 is 2.88 bits per heavy atom. The van der Waals surface area contributed by atoms with Crippen LogP contribution < -0.4 is 11.3 Å². The summed E-state index contributed by atoms with van der Waals surface area (Å²) in [4.78, 5) is 22.5. The largest absolute Gasteiger partial charge is 0.325 e. The van der Waals surface area contributed by atoms with Gasteiger partial charge in [0.1, 0.15) is 5.69 Å². The van der Waals surface area contributed by atoms with Gasteiger partial charge in [-0.05, 0) is 19.1 Å². The van der Waals surface area contributed by atoms with Crippen LogP contribution in [-0.4, -0.2) is 15.0 Å². The second-order valence-electron chi connectivity index (χ2n) is 3.45. The standard InChI is InChI=1S/C11H12N4O/c1-7-3-2-4-9(13-7)11-14-8(6-12)5-10(16)15-11/h2-5H,6,12H2,1H3,(H,14,15,16). The first kappa shape index (κ1) is 10.5. The van der Waals surface area contributed by atoms with Crippen LogP contribution in [0.1, 0.15) is 11.4 Å². The Balaban J connectivity index is 2.55. The Labute approximate surface area is 92.4 Å².